The minimum atomic E-state index is -0.0761. The molecule has 3 unspecified atom stereocenters. The van der Waals surface area contributed by atoms with Crippen molar-refractivity contribution in [2.75, 3.05) is 0 Å². The zero-order valence-corrected chi connectivity index (χ0v) is 8.71. The quantitative estimate of drug-likeness (QED) is 0.657. The number of rotatable bonds is 1. The lowest BCUT2D eigenvalue weighted by atomic mass is 9.66. The van der Waals surface area contributed by atoms with E-state index >= 15 is 0 Å². The van der Waals surface area contributed by atoms with E-state index in [-0.39, 0.29) is 6.10 Å². The highest BCUT2D eigenvalue weighted by molar-refractivity contribution is 5.15. The fourth-order valence-corrected chi connectivity index (χ4v) is 5.17. The first-order valence-corrected chi connectivity index (χ1v) is 5.74. The summed E-state index contributed by atoms with van der Waals surface area (Å²) in [6.45, 7) is 4.45. The third-order valence-electron chi connectivity index (χ3n) is 5.45. The molecule has 0 saturated heterocycles. The number of hydrogen-bond donors (Lipinski definition) is 1. The molecule has 4 aliphatic carbocycles. The van der Waals surface area contributed by atoms with Gasteiger partial charge in [0, 0.05) is 5.41 Å². The van der Waals surface area contributed by atoms with Gasteiger partial charge in [-0.1, -0.05) is 6.92 Å². The Morgan fingerprint density at radius 1 is 1.15 bits per heavy atom. The van der Waals surface area contributed by atoms with Crippen LogP contribution in [0.25, 0.3) is 0 Å². The molecule has 13 heavy (non-hydrogen) atoms. The van der Waals surface area contributed by atoms with Crippen LogP contribution in [0.4, 0.5) is 0 Å². The molecule has 4 saturated carbocycles. The summed E-state index contributed by atoms with van der Waals surface area (Å²) in [5.41, 5.74) is 0.815. The lowest BCUT2D eigenvalue weighted by molar-refractivity contribution is -0.0208. The van der Waals surface area contributed by atoms with Gasteiger partial charge in [-0.05, 0) is 56.3 Å². The number of aliphatic hydroxyl groups excluding tert-OH is 1. The summed E-state index contributed by atoms with van der Waals surface area (Å²) >= 11 is 0. The molecular weight excluding hydrogens is 160 g/mol. The maximum atomic E-state index is 10.0. The van der Waals surface area contributed by atoms with Gasteiger partial charge in [0.2, 0.25) is 0 Å². The van der Waals surface area contributed by atoms with Crippen LogP contribution < -0.4 is 0 Å². The maximum absolute atomic E-state index is 10.0. The van der Waals surface area contributed by atoms with Crippen molar-refractivity contribution in [1.29, 1.82) is 0 Å². The molecule has 0 amide bonds. The molecule has 3 atom stereocenters. The molecule has 0 spiro atoms. The maximum Gasteiger partial charge on any atom is 0.0573 e. The SMILES string of the molecule is CC(O)C12CC3CC(CC1(C)C3)C2. The molecule has 74 valence electrons. The molecule has 0 aromatic carbocycles. The standard InChI is InChI=1S/C12H20O/c1-8(13)12-6-9-3-10(7-12)5-11(12,2)4-9/h8-10,13H,3-7H2,1-2H3. The lowest BCUT2D eigenvalue weighted by Gasteiger charge is -2.40. The molecule has 4 aliphatic rings. The predicted molar refractivity (Wildman–Crippen MR) is 52.3 cm³/mol. The van der Waals surface area contributed by atoms with Gasteiger partial charge in [0.05, 0.1) is 6.10 Å². The molecule has 4 bridgehead atoms. The van der Waals surface area contributed by atoms with Gasteiger partial charge < -0.3 is 5.11 Å². The molecule has 0 heterocycles. The summed E-state index contributed by atoms with van der Waals surface area (Å²) in [5, 5.41) is 10.0. The van der Waals surface area contributed by atoms with Gasteiger partial charge in [-0.15, -0.1) is 0 Å². The summed E-state index contributed by atoms with van der Waals surface area (Å²) in [7, 11) is 0. The van der Waals surface area contributed by atoms with Gasteiger partial charge >= 0.3 is 0 Å². The summed E-state index contributed by atoms with van der Waals surface area (Å²) in [6, 6.07) is 0. The second-order valence-electron chi connectivity index (χ2n) is 6.18. The van der Waals surface area contributed by atoms with Crippen LogP contribution in [0.15, 0.2) is 0 Å². The second-order valence-corrected chi connectivity index (χ2v) is 6.18. The number of hydrogen-bond acceptors (Lipinski definition) is 1. The Morgan fingerprint density at radius 3 is 2.08 bits per heavy atom. The average molecular weight is 180 g/mol. The molecule has 1 N–H and O–H groups in total. The van der Waals surface area contributed by atoms with Crippen LogP contribution in [0.3, 0.4) is 0 Å². The largest absolute Gasteiger partial charge is 0.393 e. The zero-order valence-electron chi connectivity index (χ0n) is 8.71. The highest BCUT2D eigenvalue weighted by Crippen LogP contribution is 2.73. The van der Waals surface area contributed by atoms with E-state index in [1.54, 1.807) is 0 Å². The topological polar surface area (TPSA) is 20.2 Å². The molecule has 4 rings (SSSR count). The van der Waals surface area contributed by atoms with Crippen molar-refractivity contribution in [1.82, 2.24) is 0 Å². The second kappa shape index (κ2) is 2.13. The molecular formula is C12H20O. The van der Waals surface area contributed by atoms with Gasteiger partial charge in [-0.3, -0.25) is 0 Å². The molecule has 4 fully saturated rings. The van der Waals surface area contributed by atoms with Crippen molar-refractivity contribution in [3.63, 3.8) is 0 Å². The van der Waals surface area contributed by atoms with E-state index in [2.05, 4.69) is 6.92 Å². The van der Waals surface area contributed by atoms with E-state index in [0.717, 1.165) is 11.8 Å². The lowest BCUT2D eigenvalue weighted by Crippen LogP contribution is -2.39. The van der Waals surface area contributed by atoms with E-state index < -0.39 is 0 Å². The van der Waals surface area contributed by atoms with E-state index in [0.29, 0.717) is 10.8 Å². The fourth-order valence-electron chi connectivity index (χ4n) is 5.17. The molecule has 0 radical (unpaired) electrons. The van der Waals surface area contributed by atoms with Crippen molar-refractivity contribution < 1.29 is 5.11 Å². The van der Waals surface area contributed by atoms with Crippen molar-refractivity contribution in [2.45, 2.75) is 52.1 Å². The Labute approximate surface area is 80.5 Å². The van der Waals surface area contributed by atoms with E-state index in [1.165, 1.54) is 32.1 Å². The Hall–Kier alpha value is -0.0400. The first kappa shape index (κ1) is 8.28. The third-order valence-corrected chi connectivity index (χ3v) is 5.45. The minimum Gasteiger partial charge on any atom is -0.393 e. The highest BCUT2D eigenvalue weighted by atomic mass is 16.3. The van der Waals surface area contributed by atoms with E-state index in [4.69, 9.17) is 0 Å². The van der Waals surface area contributed by atoms with Gasteiger partial charge in [-0.25, -0.2) is 0 Å². The van der Waals surface area contributed by atoms with Crippen molar-refractivity contribution >= 4 is 0 Å². The third kappa shape index (κ3) is 0.782. The van der Waals surface area contributed by atoms with Crippen LogP contribution in [0, 0.1) is 22.7 Å². The number of aliphatic hydroxyl groups is 1. The normalized spacial score (nSPS) is 60.2. The first-order chi connectivity index (χ1) is 6.06. The summed E-state index contributed by atoms with van der Waals surface area (Å²) < 4.78 is 0. The average Bonchev–Trinajstić information content (AvgIpc) is 2.30. The van der Waals surface area contributed by atoms with Gasteiger partial charge in [0.15, 0.2) is 0 Å². The Morgan fingerprint density at radius 2 is 1.69 bits per heavy atom. The summed E-state index contributed by atoms with van der Waals surface area (Å²) in [4.78, 5) is 0. The van der Waals surface area contributed by atoms with Crippen LogP contribution in [0.2, 0.25) is 0 Å². The first-order valence-electron chi connectivity index (χ1n) is 5.74. The van der Waals surface area contributed by atoms with Crippen molar-refractivity contribution in [2.24, 2.45) is 22.7 Å². The van der Waals surface area contributed by atoms with Crippen molar-refractivity contribution in [3.05, 3.63) is 0 Å². The van der Waals surface area contributed by atoms with Crippen LogP contribution in [0.5, 0.6) is 0 Å². The van der Waals surface area contributed by atoms with Gasteiger partial charge in [0.1, 0.15) is 0 Å². The summed E-state index contributed by atoms with van der Waals surface area (Å²) in [6.07, 6.45) is 6.81. The Balaban J connectivity index is 2.06. The van der Waals surface area contributed by atoms with Gasteiger partial charge in [0.25, 0.3) is 0 Å². The summed E-state index contributed by atoms with van der Waals surface area (Å²) in [5.74, 6) is 1.90. The smallest absolute Gasteiger partial charge is 0.0573 e. The molecule has 1 heteroatoms. The monoisotopic (exact) mass is 180 g/mol. The molecule has 0 aromatic heterocycles. The zero-order chi connectivity index (χ0) is 9.27. The predicted octanol–water partition coefficient (Wildman–Crippen LogP) is 2.58. The fraction of sp³-hybridized carbons (Fsp3) is 1.00. The van der Waals surface area contributed by atoms with Crippen molar-refractivity contribution in [3.8, 4) is 0 Å². The highest BCUT2D eigenvalue weighted by Gasteiger charge is 2.65. The van der Waals surface area contributed by atoms with E-state index in [9.17, 15) is 5.11 Å². The molecule has 0 aliphatic heterocycles. The van der Waals surface area contributed by atoms with Gasteiger partial charge in [-0.2, -0.15) is 0 Å². The Bertz CT molecular complexity index is 230. The van der Waals surface area contributed by atoms with Crippen LogP contribution >= 0.6 is 0 Å². The molecule has 1 nitrogen and oxygen atoms in total. The van der Waals surface area contributed by atoms with Crippen LogP contribution in [-0.4, -0.2) is 11.2 Å². The molecule has 0 aromatic rings. The Kier molecular flexibility index (Phi) is 1.36. The van der Waals surface area contributed by atoms with Crippen LogP contribution in [0.1, 0.15) is 46.0 Å². The minimum absolute atomic E-state index is 0.0761. The van der Waals surface area contributed by atoms with Crippen LogP contribution in [-0.2, 0) is 0 Å². The van der Waals surface area contributed by atoms with E-state index in [1.807, 2.05) is 6.92 Å².